The minimum Gasteiger partial charge on any atom is -0.303 e. The number of Topliss-reactive ketones (excluding diaryl/α,β-unsaturated/α-hetero) is 1. The molecule has 1 N–H and O–H groups in total. The van der Waals surface area contributed by atoms with E-state index in [4.69, 9.17) is 11.6 Å². The van der Waals surface area contributed by atoms with Crippen LogP contribution in [0, 0.1) is 5.82 Å². The maximum absolute atomic E-state index is 13.8. The summed E-state index contributed by atoms with van der Waals surface area (Å²) < 4.78 is 13.8. The minimum absolute atomic E-state index is 0.00247. The van der Waals surface area contributed by atoms with Crippen molar-refractivity contribution in [2.24, 2.45) is 0 Å². The Hall–Kier alpha value is -1.71. The van der Waals surface area contributed by atoms with Gasteiger partial charge in [-0.2, -0.15) is 0 Å². The topological polar surface area (TPSA) is 29.1 Å². The Labute approximate surface area is 127 Å². The number of rotatable bonds is 3. The first kappa shape index (κ1) is 14.2. The third kappa shape index (κ3) is 2.85. The van der Waals surface area contributed by atoms with Crippen LogP contribution in [0.15, 0.2) is 42.5 Å². The summed E-state index contributed by atoms with van der Waals surface area (Å²) >= 11 is 6.00. The molecule has 0 spiro atoms. The van der Waals surface area contributed by atoms with Crippen molar-refractivity contribution in [1.29, 1.82) is 0 Å². The van der Waals surface area contributed by atoms with Gasteiger partial charge in [-0.15, -0.1) is 0 Å². The average Bonchev–Trinajstić information content (AvgIpc) is 2.50. The van der Waals surface area contributed by atoms with Gasteiger partial charge in [0.15, 0.2) is 5.78 Å². The highest BCUT2D eigenvalue weighted by Gasteiger charge is 2.26. The number of nitrogens with one attached hydrogen (secondary N) is 1. The molecule has 0 aromatic heterocycles. The third-order valence-corrected chi connectivity index (χ3v) is 4.20. The zero-order valence-electron chi connectivity index (χ0n) is 11.4. The lowest BCUT2D eigenvalue weighted by molar-refractivity contribution is -0.120. The summed E-state index contributed by atoms with van der Waals surface area (Å²) in [6.45, 7) is 0.748. The van der Waals surface area contributed by atoms with Crippen molar-refractivity contribution in [2.75, 3.05) is 6.54 Å². The molecule has 4 heteroatoms. The standard InChI is InChI=1S/C17H15ClFNO/c18-14-6-3-7-15(19)13(14)10-16(21)17-12-5-2-1-4-11(12)8-9-20-17/h1-7,17,20H,8-10H2. The van der Waals surface area contributed by atoms with E-state index in [-0.39, 0.29) is 23.8 Å². The fourth-order valence-corrected chi connectivity index (χ4v) is 3.00. The lowest BCUT2D eigenvalue weighted by Gasteiger charge is -2.26. The maximum Gasteiger partial charge on any atom is 0.158 e. The van der Waals surface area contributed by atoms with Gasteiger partial charge in [0.2, 0.25) is 0 Å². The molecule has 21 heavy (non-hydrogen) atoms. The molecule has 3 rings (SSSR count). The van der Waals surface area contributed by atoms with E-state index in [1.54, 1.807) is 12.1 Å². The van der Waals surface area contributed by atoms with E-state index in [1.165, 1.54) is 11.6 Å². The van der Waals surface area contributed by atoms with Crippen molar-refractivity contribution in [3.05, 3.63) is 70.0 Å². The average molecular weight is 304 g/mol. The van der Waals surface area contributed by atoms with E-state index in [9.17, 15) is 9.18 Å². The number of carbonyl (C=O) groups excluding carboxylic acids is 1. The summed E-state index contributed by atoms with van der Waals surface area (Å²) in [5.74, 6) is -0.492. The first-order valence-electron chi connectivity index (χ1n) is 6.93. The second-order valence-corrected chi connectivity index (χ2v) is 5.59. The molecule has 1 aliphatic heterocycles. The molecule has 1 atom stereocenters. The highest BCUT2D eigenvalue weighted by Crippen LogP contribution is 2.26. The van der Waals surface area contributed by atoms with Crippen molar-refractivity contribution in [3.8, 4) is 0 Å². The molecule has 2 nitrogen and oxygen atoms in total. The second-order valence-electron chi connectivity index (χ2n) is 5.18. The van der Waals surface area contributed by atoms with E-state index in [2.05, 4.69) is 5.32 Å². The number of carbonyl (C=O) groups is 1. The normalized spacial score (nSPS) is 17.3. The summed E-state index contributed by atoms with van der Waals surface area (Å²) in [5, 5.41) is 3.52. The monoisotopic (exact) mass is 303 g/mol. The van der Waals surface area contributed by atoms with Crippen molar-refractivity contribution in [3.63, 3.8) is 0 Å². The van der Waals surface area contributed by atoms with Crippen LogP contribution in [0.4, 0.5) is 4.39 Å². The molecule has 108 valence electrons. The molecule has 0 aliphatic carbocycles. The predicted octanol–water partition coefficient (Wildman–Crippen LogP) is 3.48. The Morgan fingerprint density at radius 3 is 2.86 bits per heavy atom. The van der Waals surface area contributed by atoms with Gasteiger partial charge in [0.1, 0.15) is 5.82 Å². The van der Waals surface area contributed by atoms with Crippen molar-refractivity contribution in [1.82, 2.24) is 5.32 Å². The van der Waals surface area contributed by atoms with Crippen molar-refractivity contribution in [2.45, 2.75) is 18.9 Å². The Morgan fingerprint density at radius 1 is 1.24 bits per heavy atom. The van der Waals surface area contributed by atoms with Crippen LogP contribution in [0.3, 0.4) is 0 Å². The van der Waals surface area contributed by atoms with Gasteiger partial charge in [0.05, 0.1) is 6.04 Å². The minimum atomic E-state index is -0.431. The molecule has 1 heterocycles. The van der Waals surface area contributed by atoms with Gasteiger partial charge in [0, 0.05) is 23.6 Å². The van der Waals surface area contributed by atoms with Crippen LogP contribution in [0.1, 0.15) is 22.7 Å². The summed E-state index contributed by atoms with van der Waals surface area (Å²) in [6.07, 6.45) is 0.901. The van der Waals surface area contributed by atoms with Gasteiger partial charge < -0.3 is 5.32 Å². The molecule has 2 aromatic rings. The van der Waals surface area contributed by atoms with Crippen LogP contribution < -0.4 is 5.32 Å². The van der Waals surface area contributed by atoms with E-state index < -0.39 is 5.82 Å². The van der Waals surface area contributed by atoms with Crippen molar-refractivity contribution >= 4 is 17.4 Å². The smallest absolute Gasteiger partial charge is 0.158 e. The van der Waals surface area contributed by atoms with Crippen LogP contribution in [0.2, 0.25) is 5.02 Å². The molecular weight excluding hydrogens is 289 g/mol. The number of fused-ring (bicyclic) bond motifs is 1. The summed E-state index contributed by atoms with van der Waals surface area (Å²) in [4.78, 5) is 12.5. The van der Waals surface area contributed by atoms with Gasteiger partial charge in [-0.05, 0) is 29.7 Å². The quantitative estimate of drug-likeness (QED) is 0.940. The van der Waals surface area contributed by atoms with Crippen LogP contribution in [0.5, 0.6) is 0 Å². The Balaban J connectivity index is 1.87. The van der Waals surface area contributed by atoms with Crippen molar-refractivity contribution < 1.29 is 9.18 Å². The number of benzene rings is 2. The van der Waals surface area contributed by atoms with Crippen LogP contribution in [-0.2, 0) is 17.6 Å². The van der Waals surface area contributed by atoms with Gasteiger partial charge in [-0.25, -0.2) is 4.39 Å². The SMILES string of the molecule is O=C(Cc1c(F)cccc1Cl)C1NCCc2ccccc21. The number of halogens is 2. The predicted molar refractivity (Wildman–Crippen MR) is 81.0 cm³/mol. The third-order valence-electron chi connectivity index (χ3n) is 3.84. The van der Waals surface area contributed by atoms with E-state index in [0.717, 1.165) is 18.5 Å². The first-order chi connectivity index (χ1) is 10.2. The second kappa shape index (κ2) is 5.96. The Kier molecular flexibility index (Phi) is 4.04. The summed E-state index contributed by atoms with van der Waals surface area (Å²) in [6, 6.07) is 12.0. The van der Waals surface area contributed by atoms with Gasteiger partial charge in [-0.3, -0.25) is 4.79 Å². The lowest BCUT2D eigenvalue weighted by atomic mass is 9.90. The fourth-order valence-electron chi connectivity index (χ4n) is 2.77. The number of hydrogen-bond donors (Lipinski definition) is 1. The zero-order valence-corrected chi connectivity index (χ0v) is 12.2. The molecule has 0 saturated carbocycles. The molecular formula is C17H15ClFNO. The van der Waals surface area contributed by atoms with Crippen LogP contribution in [0.25, 0.3) is 0 Å². The van der Waals surface area contributed by atoms with E-state index in [1.807, 2.05) is 24.3 Å². The van der Waals surface area contributed by atoms with Crippen LogP contribution in [-0.4, -0.2) is 12.3 Å². The highest BCUT2D eigenvalue weighted by atomic mass is 35.5. The van der Waals surface area contributed by atoms with E-state index >= 15 is 0 Å². The molecule has 0 fully saturated rings. The molecule has 2 aromatic carbocycles. The lowest BCUT2D eigenvalue weighted by Crippen LogP contribution is -2.36. The number of hydrogen-bond acceptors (Lipinski definition) is 2. The Bertz CT molecular complexity index is 666. The molecule has 1 aliphatic rings. The molecule has 0 bridgehead atoms. The number of ketones is 1. The summed E-state index contributed by atoms with van der Waals surface area (Å²) in [7, 11) is 0. The van der Waals surface area contributed by atoms with E-state index in [0.29, 0.717) is 5.02 Å². The molecule has 0 radical (unpaired) electrons. The largest absolute Gasteiger partial charge is 0.303 e. The van der Waals surface area contributed by atoms with Gasteiger partial charge in [-0.1, -0.05) is 41.9 Å². The maximum atomic E-state index is 13.8. The Morgan fingerprint density at radius 2 is 2.05 bits per heavy atom. The zero-order chi connectivity index (χ0) is 14.8. The summed E-state index contributed by atoms with van der Waals surface area (Å²) in [5.41, 5.74) is 2.43. The molecule has 0 saturated heterocycles. The van der Waals surface area contributed by atoms with Crippen LogP contribution >= 0.6 is 11.6 Å². The molecule has 0 amide bonds. The first-order valence-corrected chi connectivity index (χ1v) is 7.31. The fraction of sp³-hybridized carbons (Fsp3) is 0.235. The van der Waals surface area contributed by atoms with Gasteiger partial charge >= 0.3 is 0 Å². The highest BCUT2D eigenvalue weighted by molar-refractivity contribution is 6.31. The van der Waals surface area contributed by atoms with Gasteiger partial charge in [0.25, 0.3) is 0 Å². The molecule has 1 unspecified atom stereocenters.